The molecule has 1 aliphatic carbocycles. The number of hydrogen-bond acceptors (Lipinski definition) is 3. The Balaban J connectivity index is 2.09. The third kappa shape index (κ3) is 3.64. The van der Waals surface area contributed by atoms with E-state index < -0.39 is 0 Å². The molecule has 0 radical (unpaired) electrons. The minimum atomic E-state index is 0.294. The van der Waals surface area contributed by atoms with Crippen molar-refractivity contribution in [3.05, 3.63) is 42.0 Å². The lowest BCUT2D eigenvalue weighted by molar-refractivity contribution is 0.316. The van der Waals surface area contributed by atoms with Crippen LogP contribution in [0.2, 0.25) is 0 Å². The number of aryl methyl sites for hydroxylation is 1. The van der Waals surface area contributed by atoms with E-state index in [0.717, 1.165) is 31.4 Å². The molecule has 0 spiro atoms. The van der Waals surface area contributed by atoms with Crippen molar-refractivity contribution in [2.75, 3.05) is 0 Å². The molecular formula is C15H19NOS. The van der Waals surface area contributed by atoms with E-state index in [2.05, 4.69) is 48.5 Å². The molecule has 96 valence electrons. The van der Waals surface area contributed by atoms with Crippen LogP contribution in [0, 0.1) is 6.92 Å². The summed E-state index contributed by atoms with van der Waals surface area (Å²) >= 11 is 1.80. The van der Waals surface area contributed by atoms with Gasteiger partial charge >= 0.3 is 0 Å². The lowest BCUT2D eigenvalue weighted by atomic mass is 10.0. The van der Waals surface area contributed by atoms with Crippen LogP contribution in [0.3, 0.4) is 0 Å². The number of hydrogen-bond donors (Lipinski definition) is 1. The summed E-state index contributed by atoms with van der Waals surface area (Å²) in [5.74, 6) is 0. The lowest BCUT2D eigenvalue weighted by Gasteiger charge is -2.18. The molecule has 1 unspecified atom stereocenters. The smallest absolute Gasteiger partial charge is 0.0707 e. The summed E-state index contributed by atoms with van der Waals surface area (Å²) in [7, 11) is 0. The molecule has 1 aromatic rings. The fourth-order valence-corrected chi connectivity index (χ4v) is 3.24. The Hall–Kier alpha value is -1.22. The van der Waals surface area contributed by atoms with Crippen molar-refractivity contribution in [1.82, 2.24) is 0 Å². The highest BCUT2D eigenvalue weighted by Crippen LogP contribution is 2.30. The van der Waals surface area contributed by atoms with E-state index in [0.29, 0.717) is 5.25 Å². The largest absolute Gasteiger partial charge is 0.411 e. The molecular weight excluding hydrogens is 242 g/mol. The SMILES string of the molecule is Cc1ccc(SC2CC/C=C\CC/C2=N/O)cc1. The van der Waals surface area contributed by atoms with Crippen molar-refractivity contribution < 1.29 is 5.21 Å². The van der Waals surface area contributed by atoms with E-state index in [-0.39, 0.29) is 0 Å². The molecule has 0 saturated carbocycles. The van der Waals surface area contributed by atoms with Gasteiger partial charge in [-0.05, 0) is 44.7 Å². The van der Waals surface area contributed by atoms with Gasteiger partial charge in [0, 0.05) is 4.90 Å². The quantitative estimate of drug-likeness (QED) is 0.485. The molecule has 0 heterocycles. The van der Waals surface area contributed by atoms with Crippen LogP contribution >= 0.6 is 11.8 Å². The Morgan fingerprint density at radius 2 is 1.89 bits per heavy atom. The van der Waals surface area contributed by atoms with Gasteiger partial charge in [0.25, 0.3) is 0 Å². The first-order valence-corrected chi connectivity index (χ1v) is 7.26. The van der Waals surface area contributed by atoms with Crippen molar-refractivity contribution >= 4 is 17.5 Å². The third-order valence-corrected chi connectivity index (χ3v) is 4.47. The Kier molecular flexibility index (Phi) is 4.88. The molecule has 0 fully saturated rings. The Morgan fingerprint density at radius 3 is 2.61 bits per heavy atom. The van der Waals surface area contributed by atoms with Crippen molar-refractivity contribution in [3.63, 3.8) is 0 Å². The number of nitrogens with zero attached hydrogens (tertiary/aromatic N) is 1. The van der Waals surface area contributed by atoms with Crippen LogP contribution in [0.1, 0.15) is 31.2 Å². The zero-order chi connectivity index (χ0) is 12.8. The summed E-state index contributed by atoms with van der Waals surface area (Å²) in [6.45, 7) is 2.09. The van der Waals surface area contributed by atoms with Crippen LogP contribution < -0.4 is 0 Å². The molecule has 3 heteroatoms. The second-order valence-electron chi connectivity index (χ2n) is 4.60. The highest BCUT2D eigenvalue weighted by molar-refractivity contribution is 8.00. The van der Waals surface area contributed by atoms with Crippen LogP contribution in [-0.2, 0) is 0 Å². The summed E-state index contributed by atoms with van der Waals surface area (Å²) in [5, 5.41) is 13.0. The zero-order valence-electron chi connectivity index (χ0n) is 10.7. The van der Waals surface area contributed by atoms with Gasteiger partial charge in [-0.2, -0.15) is 0 Å². The topological polar surface area (TPSA) is 32.6 Å². The molecule has 1 N–H and O–H groups in total. The highest BCUT2D eigenvalue weighted by Gasteiger charge is 2.18. The average Bonchev–Trinajstić information content (AvgIpc) is 2.36. The second kappa shape index (κ2) is 6.64. The minimum Gasteiger partial charge on any atom is -0.411 e. The fourth-order valence-electron chi connectivity index (χ4n) is 2.06. The molecule has 0 aliphatic heterocycles. The van der Waals surface area contributed by atoms with Gasteiger partial charge in [-0.3, -0.25) is 0 Å². The van der Waals surface area contributed by atoms with E-state index in [1.165, 1.54) is 10.5 Å². The van der Waals surface area contributed by atoms with Crippen LogP contribution in [0.25, 0.3) is 0 Å². The van der Waals surface area contributed by atoms with Gasteiger partial charge in [0.2, 0.25) is 0 Å². The predicted molar refractivity (Wildman–Crippen MR) is 77.7 cm³/mol. The molecule has 18 heavy (non-hydrogen) atoms. The summed E-state index contributed by atoms with van der Waals surface area (Å²) in [6, 6.07) is 8.54. The van der Waals surface area contributed by atoms with E-state index in [1.54, 1.807) is 11.8 Å². The maximum atomic E-state index is 9.15. The Morgan fingerprint density at radius 1 is 1.17 bits per heavy atom. The van der Waals surface area contributed by atoms with Crippen molar-refractivity contribution in [2.24, 2.45) is 5.16 Å². The molecule has 0 bridgehead atoms. The van der Waals surface area contributed by atoms with Gasteiger partial charge in [0.05, 0.1) is 11.0 Å². The summed E-state index contributed by atoms with van der Waals surface area (Å²) < 4.78 is 0. The Bertz CT molecular complexity index is 436. The van der Waals surface area contributed by atoms with Gasteiger partial charge in [0.1, 0.15) is 0 Å². The first-order valence-electron chi connectivity index (χ1n) is 6.39. The standard InChI is InChI=1S/C15H19NOS/c1-12-8-10-13(11-9-12)18-15-7-5-3-2-4-6-14(15)16-17/h2-3,8-11,15,17H,4-7H2,1H3/b3-2-,16-14-. The lowest BCUT2D eigenvalue weighted by Crippen LogP contribution is -2.18. The van der Waals surface area contributed by atoms with Gasteiger partial charge in [0.15, 0.2) is 0 Å². The van der Waals surface area contributed by atoms with Gasteiger partial charge in [-0.15, -0.1) is 11.8 Å². The molecule has 2 nitrogen and oxygen atoms in total. The maximum Gasteiger partial charge on any atom is 0.0707 e. The summed E-state index contributed by atoms with van der Waals surface area (Å²) in [5.41, 5.74) is 2.20. The number of rotatable bonds is 2. The highest BCUT2D eigenvalue weighted by atomic mass is 32.2. The molecule has 1 aromatic carbocycles. The second-order valence-corrected chi connectivity index (χ2v) is 5.87. The monoisotopic (exact) mass is 261 g/mol. The van der Waals surface area contributed by atoms with Crippen molar-refractivity contribution in [2.45, 2.75) is 42.8 Å². The third-order valence-electron chi connectivity index (χ3n) is 3.13. The van der Waals surface area contributed by atoms with Gasteiger partial charge in [-0.1, -0.05) is 35.0 Å². The van der Waals surface area contributed by atoms with E-state index >= 15 is 0 Å². The van der Waals surface area contributed by atoms with Crippen molar-refractivity contribution in [1.29, 1.82) is 0 Å². The Labute approximate surface area is 113 Å². The normalized spacial score (nSPS) is 24.5. The number of oxime groups is 1. The van der Waals surface area contributed by atoms with E-state index in [1.807, 2.05) is 0 Å². The van der Waals surface area contributed by atoms with Gasteiger partial charge in [-0.25, -0.2) is 0 Å². The van der Waals surface area contributed by atoms with Gasteiger partial charge < -0.3 is 5.21 Å². The minimum absolute atomic E-state index is 0.294. The molecule has 1 atom stereocenters. The number of benzene rings is 1. The fraction of sp³-hybridized carbons (Fsp3) is 0.400. The van der Waals surface area contributed by atoms with E-state index in [9.17, 15) is 0 Å². The molecule has 1 aliphatic rings. The zero-order valence-corrected chi connectivity index (χ0v) is 11.5. The molecule has 0 aromatic heterocycles. The number of allylic oxidation sites excluding steroid dienone is 2. The first-order chi connectivity index (χ1) is 8.79. The molecule has 0 amide bonds. The average molecular weight is 261 g/mol. The maximum absolute atomic E-state index is 9.15. The van der Waals surface area contributed by atoms with E-state index in [4.69, 9.17) is 5.21 Å². The van der Waals surface area contributed by atoms with Crippen LogP contribution in [-0.4, -0.2) is 16.2 Å². The van der Waals surface area contributed by atoms with Crippen molar-refractivity contribution in [3.8, 4) is 0 Å². The van der Waals surface area contributed by atoms with Crippen LogP contribution in [0.5, 0.6) is 0 Å². The van der Waals surface area contributed by atoms with Crippen LogP contribution in [0.4, 0.5) is 0 Å². The summed E-state index contributed by atoms with van der Waals surface area (Å²) in [6.07, 6.45) is 8.34. The summed E-state index contributed by atoms with van der Waals surface area (Å²) in [4.78, 5) is 1.25. The molecule has 0 saturated heterocycles. The first kappa shape index (κ1) is 13.2. The molecule has 2 rings (SSSR count). The predicted octanol–water partition coefficient (Wildman–Crippen LogP) is 4.42. The van der Waals surface area contributed by atoms with Crippen LogP contribution in [0.15, 0.2) is 46.5 Å². The number of thioether (sulfide) groups is 1.